The number of aryl methyl sites for hydroxylation is 1. The third-order valence-electron chi connectivity index (χ3n) is 5.17. The van der Waals surface area contributed by atoms with Crippen LogP contribution in [0.3, 0.4) is 0 Å². The quantitative estimate of drug-likeness (QED) is 0.390. The molecule has 5 rings (SSSR count). The van der Waals surface area contributed by atoms with Crippen molar-refractivity contribution in [3.05, 3.63) is 76.8 Å². The smallest absolute Gasteiger partial charge is 0.227 e. The Morgan fingerprint density at radius 3 is 2.68 bits per heavy atom. The highest BCUT2D eigenvalue weighted by Crippen LogP contribution is 2.38. The predicted molar refractivity (Wildman–Crippen MR) is 118 cm³/mol. The average Bonchev–Trinajstić information content (AvgIpc) is 3.40. The number of nitrogens with one attached hydrogen (secondary N) is 2. The molecule has 0 atom stereocenters. The number of hydrogen-bond acceptors (Lipinski definition) is 5. The molecule has 0 saturated heterocycles. The minimum atomic E-state index is -0.509. The second-order valence-corrected chi connectivity index (χ2v) is 7.19. The molecule has 0 radical (unpaired) electrons. The van der Waals surface area contributed by atoms with Gasteiger partial charge < -0.3 is 24.2 Å². The summed E-state index contributed by atoms with van der Waals surface area (Å²) in [5.41, 5.74) is 3.06. The molecule has 3 heterocycles. The van der Waals surface area contributed by atoms with E-state index in [-0.39, 0.29) is 5.76 Å². The lowest BCUT2D eigenvalue weighted by Crippen LogP contribution is -2.01. The molecule has 3 aromatic heterocycles. The summed E-state index contributed by atoms with van der Waals surface area (Å²) in [7, 11) is 1.62. The largest absolute Gasteiger partial charge is 0.501 e. The van der Waals surface area contributed by atoms with Gasteiger partial charge in [-0.25, -0.2) is 4.98 Å². The van der Waals surface area contributed by atoms with Crippen LogP contribution in [0.5, 0.6) is 11.5 Å². The standard InChI is InChI=1S/C24H19N3O4/c1-13-10-19(28)22(29)23(31-13)21-20(14-6-4-3-5-7-14)26-24(27-21)17-12-25-18-9-8-15(30-2)11-16(17)18/h3-12,25,29H,1-2H3,(H,26,27). The average molecular weight is 413 g/mol. The molecule has 154 valence electrons. The maximum absolute atomic E-state index is 12.2. The Morgan fingerprint density at radius 1 is 1.10 bits per heavy atom. The lowest BCUT2D eigenvalue weighted by molar-refractivity contribution is 0.415. The van der Waals surface area contributed by atoms with Crippen molar-refractivity contribution in [3.8, 4) is 45.6 Å². The van der Waals surface area contributed by atoms with Gasteiger partial charge in [-0.1, -0.05) is 30.3 Å². The zero-order valence-corrected chi connectivity index (χ0v) is 16.9. The first-order chi connectivity index (χ1) is 15.0. The van der Waals surface area contributed by atoms with Crippen LogP contribution in [0.25, 0.3) is 45.0 Å². The number of H-pyrrole nitrogens is 2. The normalized spacial score (nSPS) is 11.2. The molecule has 0 fully saturated rings. The van der Waals surface area contributed by atoms with Crippen molar-refractivity contribution < 1.29 is 14.3 Å². The van der Waals surface area contributed by atoms with Gasteiger partial charge in [0, 0.05) is 34.3 Å². The van der Waals surface area contributed by atoms with Crippen LogP contribution in [0.4, 0.5) is 0 Å². The van der Waals surface area contributed by atoms with Crippen LogP contribution < -0.4 is 10.2 Å². The molecule has 7 heteroatoms. The molecular weight excluding hydrogens is 394 g/mol. The first kappa shape index (κ1) is 18.7. The molecule has 0 aliphatic rings. The summed E-state index contributed by atoms with van der Waals surface area (Å²) in [6, 6.07) is 16.5. The van der Waals surface area contributed by atoms with Crippen molar-refractivity contribution in [2.24, 2.45) is 0 Å². The van der Waals surface area contributed by atoms with E-state index in [4.69, 9.17) is 14.1 Å². The van der Waals surface area contributed by atoms with E-state index in [1.54, 1.807) is 14.0 Å². The number of ether oxygens (including phenoxy) is 1. The van der Waals surface area contributed by atoms with E-state index in [2.05, 4.69) is 9.97 Å². The van der Waals surface area contributed by atoms with Crippen LogP contribution in [0.15, 0.2) is 70.0 Å². The van der Waals surface area contributed by atoms with E-state index in [0.717, 1.165) is 27.8 Å². The van der Waals surface area contributed by atoms with Gasteiger partial charge in [-0.3, -0.25) is 4.79 Å². The van der Waals surface area contributed by atoms with Crippen LogP contribution >= 0.6 is 0 Å². The van der Waals surface area contributed by atoms with Crippen LogP contribution in [-0.4, -0.2) is 27.2 Å². The summed E-state index contributed by atoms with van der Waals surface area (Å²) in [6.07, 6.45) is 1.85. The number of aromatic nitrogens is 3. The van der Waals surface area contributed by atoms with Gasteiger partial charge in [0.15, 0.2) is 5.76 Å². The molecule has 0 saturated carbocycles. The lowest BCUT2D eigenvalue weighted by atomic mass is 10.1. The predicted octanol–water partition coefficient (Wildman–Crippen LogP) is 4.87. The minimum absolute atomic E-state index is 0.0556. The Bertz CT molecular complexity index is 1460. The highest BCUT2D eigenvalue weighted by Gasteiger charge is 2.23. The second-order valence-electron chi connectivity index (χ2n) is 7.19. The molecule has 0 aliphatic carbocycles. The van der Waals surface area contributed by atoms with Crippen molar-refractivity contribution in [1.82, 2.24) is 15.0 Å². The van der Waals surface area contributed by atoms with Crippen LogP contribution in [0.1, 0.15) is 5.76 Å². The van der Waals surface area contributed by atoms with Crippen molar-refractivity contribution >= 4 is 10.9 Å². The second kappa shape index (κ2) is 7.21. The molecule has 3 N–H and O–H groups in total. The molecule has 2 aromatic carbocycles. The van der Waals surface area contributed by atoms with Crippen LogP contribution in [-0.2, 0) is 0 Å². The minimum Gasteiger partial charge on any atom is -0.501 e. The maximum Gasteiger partial charge on any atom is 0.227 e. The topological polar surface area (TPSA) is 104 Å². The molecule has 0 spiro atoms. The lowest BCUT2D eigenvalue weighted by Gasteiger charge is -2.05. The summed E-state index contributed by atoms with van der Waals surface area (Å²) in [4.78, 5) is 23.5. The zero-order valence-electron chi connectivity index (χ0n) is 16.9. The van der Waals surface area contributed by atoms with Gasteiger partial charge in [0.1, 0.15) is 28.7 Å². The number of rotatable bonds is 4. The Labute approximate surface area is 177 Å². The number of fused-ring (bicyclic) bond motifs is 1. The molecule has 0 aliphatic heterocycles. The Morgan fingerprint density at radius 2 is 1.90 bits per heavy atom. The first-order valence-electron chi connectivity index (χ1n) is 9.70. The number of benzene rings is 2. The van der Waals surface area contributed by atoms with Gasteiger partial charge in [0.05, 0.1) is 7.11 Å². The van der Waals surface area contributed by atoms with Crippen molar-refractivity contribution in [2.45, 2.75) is 6.92 Å². The van der Waals surface area contributed by atoms with Crippen LogP contribution in [0, 0.1) is 6.92 Å². The van der Waals surface area contributed by atoms with Crippen molar-refractivity contribution in [2.75, 3.05) is 7.11 Å². The monoisotopic (exact) mass is 413 g/mol. The fraction of sp³-hybridized carbons (Fsp3) is 0.0833. The van der Waals surface area contributed by atoms with E-state index in [1.807, 2.05) is 54.7 Å². The summed E-state index contributed by atoms with van der Waals surface area (Å²) >= 11 is 0. The Hall–Kier alpha value is -4.26. The van der Waals surface area contributed by atoms with E-state index in [9.17, 15) is 9.90 Å². The van der Waals surface area contributed by atoms with Gasteiger partial charge in [0.2, 0.25) is 11.2 Å². The molecule has 0 unspecified atom stereocenters. The van der Waals surface area contributed by atoms with Crippen LogP contribution in [0.2, 0.25) is 0 Å². The van der Waals surface area contributed by atoms with E-state index >= 15 is 0 Å². The fourth-order valence-electron chi connectivity index (χ4n) is 3.67. The van der Waals surface area contributed by atoms with E-state index in [1.165, 1.54) is 6.07 Å². The number of hydrogen-bond donors (Lipinski definition) is 3. The van der Waals surface area contributed by atoms with Crippen molar-refractivity contribution in [1.29, 1.82) is 0 Å². The number of imidazole rings is 1. The highest BCUT2D eigenvalue weighted by atomic mass is 16.5. The maximum atomic E-state index is 12.2. The summed E-state index contributed by atoms with van der Waals surface area (Å²) in [5.74, 6) is 1.28. The Balaban J connectivity index is 1.78. The van der Waals surface area contributed by atoms with E-state index in [0.29, 0.717) is 23.0 Å². The molecule has 31 heavy (non-hydrogen) atoms. The third-order valence-corrected chi connectivity index (χ3v) is 5.17. The Kier molecular flexibility index (Phi) is 4.36. The van der Waals surface area contributed by atoms with Gasteiger partial charge in [-0.15, -0.1) is 0 Å². The van der Waals surface area contributed by atoms with Gasteiger partial charge >= 0.3 is 0 Å². The zero-order chi connectivity index (χ0) is 21.5. The molecule has 0 amide bonds. The summed E-state index contributed by atoms with van der Waals surface area (Å²) < 4.78 is 11.1. The highest BCUT2D eigenvalue weighted by molar-refractivity contribution is 5.96. The third kappa shape index (κ3) is 3.16. The van der Waals surface area contributed by atoms with Gasteiger partial charge in [-0.2, -0.15) is 0 Å². The van der Waals surface area contributed by atoms with Gasteiger partial charge in [0.25, 0.3) is 0 Å². The van der Waals surface area contributed by atoms with E-state index < -0.39 is 11.2 Å². The number of methoxy groups -OCH3 is 1. The van der Waals surface area contributed by atoms with Crippen molar-refractivity contribution in [3.63, 3.8) is 0 Å². The molecule has 7 nitrogen and oxygen atoms in total. The number of nitrogens with zero attached hydrogens (tertiary/aromatic N) is 1. The van der Waals surface area contributed by atoms with Gasteiger partial charge in [-0.05, 0) is 25.1 Å². The number of aromatic amines is 2. The first-order valence-corrected chi connectivity index (χ1v) is 9.70. The molecular formula is C24H19N3O4. The number of aromatic hydroxyl groups is 1. The molecule has 5 aromatic rings. The summed E-state index contributed by atoms with van der Waals surface area (Å²) in [6.45, 7) is 1.66. The summed E-state index contributed by atoms with van der Waals surface area (Å²) in [5, 5.41) is 11.4. The molecule has 0 bridgehead atoms. The SMILES string of the molecule is COc1ccc2[nH]cc(-c3nc(-c4ccccc4)c(-c4oc(C)cc(=O)c4O)[nH]3)c2c1. The fourth-order valence-corrected chi connectivity index (χ4v) is 3.67.